The molecule has 3 fully saturated rings. The number of cyclic esters (lactones) is 1. The van der Waals surface area contributed by atoms with E-state index < -0.39 is 93.8 Å². The summed E-state index contributed by atoms with van der Waals surface area (Å²) in [6.45, 7) is 13.1. The number of aliphatic hydroxyl groups is 3. The van der Waals surface area contributed by atoms with Crippen molar-refractivity contribution in [1.82, 2.24) is 10.2 Å². The van der Waals surface area contributed by atoms with Crippen molar-refractivity contribution < 1.29 is 66.4 Å². The Morgan fingerprint density at radius 2 is 1.59 bits per heavy atom. The van der Waals surface area contributed by atoms with E-state index in [0.29, 0.717) is 69.8 Å². The van der Waals surface area contributed by atoms with Crippen LogP contribution in [0.3, 0.4) is 0 Å². The summed E-state index contributed by atoms with van der Waals surface area (Å²) >= 11 is 0. The number of methoxy groups -OCH3 is 2. The molecule has 1 aliphatic carbocycles. The molecular weight excluding hydrogens is 909 g/mol. The fraction of sp³-hybridized carbons (Fsp3) is 0.769. The Balaban J connectivity index is 1.70. The third-order valence-electron chi connectivity index (χ3n) is 15.0. The number of rotatable bonds is 9. The van der Waals surface area contributed by atoms with Gasteiger partial charge in [-0.15, -0.1) is 0 Å². The standard InChI is InChI=1S/C52H84N2O14S/c1-32-15-11-10-12-16-34(3)41(53-24-26-69(62,63)64)31-40-21-19-38(7)52(61,68-40)49(58)50(59)54-25-14-13-17-42(54)51(60)67-44(35(4)29-39-20-22-43(55)45(30-39)65-8)23-18-33(2)28-37(6)47(57)48(66-9)46(56)36(5)27-32/h10-12,15-16,28,32-33,35-36,38-45,47-48,53,55,57,61H,13-14,17-27,29-31H2,1-9H3,(H,62,63,64)/b12-10+,15-11+,34-16+,37-28+/t32-,33+,35-,36-,38-,39+,40+,41-,42+,43-,44+,45-,47-,48+,52-/m1/s1. The van der Waals surface area contributed by atoms with Gasteiger partial charge in [-0.05, 0) is 127 Å². The predicted molar refractivity (Wildman–Crippen MR) is 262 cm³/mol. The number of fused-ring (bicyclic) bond motifs is 3. The second-order valence-electron chi connectivity index (χ2n) is 20.8. The van der Waals surface area contributed by atoms with Crippen LogP contribution in [0.2, 0.25) is 0 Å². The van der Waals surface area contributed by atoms with Gasteiger partial charge >= 0.3 is 5.97 Å². The van der Waals surface area contributed by atoms with Crippen LogP contribution in [-0.4, -0.2) is 144 Å². The smallest absolute Gasteiger partial charge is 0.329 e. The molecule has 0 aromatic carbocycles. The molecular formula is C52H84N2O14S. The van der Waals surface area contributed by atoms with Crippen LogP contribution in [0.1, 0.15) is 132 Å². The summed E-state index contributed by atoms with van der Waals surface area (Å²) in [6.07, 6.45) is 13.3. The third kappa shape index (κ3) is 17.0. The van der Waals surface area contributed by atoms with Crippen LogP contribution in [0.5, 0.6) is 0 Å². The maximum absolute atomic E-state index is 14.4. The first-order chi connectivity index (χ1) is 32.5. The van der Waals surface area contributed by atoms with Crippen molar-refractivity contribution in [2.75, 3.05) is 33.1 Å². The number of esters is 1. The van der Waals surface area contributed by atoms with E-state index in [2.05, 4.69) is 5.32 Å². The fourth-order valence-electron chi connectivity index (χ4n) is 10.7. The van der Waals surface area contributed by atoms with Crippen LogP contribution in [0.4, 0.5) is 0 Å². The van der Waals surface area contributed by atoms with Gasteiger partial charge in [0.25, 0.3) is 21.8 Å². The summed E-state index contributed by atoms with van der Waals surface area (Å²) < 4.78 is 56.5. The van der Waals surface area contributed by atoms with E-state index >= 15 is 0 Å². The highest BCUT2D eigenvalue weighted by atomic mass is 32.2. The highest BCUT2D eigenvalue weighted by Crippen LogP contribution is 2.38. The minimum absolute atomic E-state index is 0.00800. The van der Waals surface area contributed by atoms with E-state index in [1.54, 1.807) is 27.0 Å². The normalized spacial score (nSPS) is 39.0. The van der Waals surface area contributed by atoms with Gasteiger partial charge in [-0.25, -0.2) is 4.79 Å². The maximum Gasteiger partial charge on any atom is 0.329 e. The Kier molecular flexibility index (Phi) is 22.9. The van der Waals surface area contributed by atoms with Gasteiger partial charge in [-0.3, -0.25) is 18.9 Å². The van der Waals surface area contributed by atoms with E-state index in [1.165, 1.54) is 12.0 Å². The molecule has 17 heteroatoms. The minimum atomic E-state index is -4.28. The first kappa shape index (κ1) is 58.4. The molecule has 1 amide bonds. The number of amides is 1. The zero-order valence-electron chi connectivity index (χ0n) is 42.6. The average Bonchev–Trinajstić information content (AvgIpc) is 3.30. The lowest BCUT2D eigenvalue weighted by Crippen LogP contribution is -2.61. The van der Waals surface area contributed by atoms with Gasteiger partial charge in [0.05, 0.1) is 24.1 Å². The summed E-state index contributed by atoms with van der Waals surface area (Å²) in [6, 6.07) is -1.61. The van der Waals surface area contributed by atoms with Crippen LogP contribution in [-0.2, 0) is 48.2 Å². The molecule has 69 heavy (non-hydrogen) atoms. The van der Waals surface area contributed by atoms with Crippen molar-refractivity contribution in [3.05, 3.63) is 47.6 Å². The maximum atomic E-state index is 14.4. The first-order valence-corrected chi connectivity index (χ1v) is 26.9. The molecule has 0 unspecified atom stereocenters. The summed E-state index contributed by atoms with van der Waals surface area (Å²) in [7, 11) is -1.28. The van der Waals surface area contributed by atoms with Crippen LogP contribution < -0.4 is 5.32 Å². The molecule has 5 N–H and O–H groups in total. The Morgan fingerprint density at radius 1 is 0.870 bits per heavy atom. The van der Waals surface area contributed by atoms with Gasteiger partial charge in [0.15, 0.2) is 5.78 Å². The Labute approximate surface area is 411 Å². The van der Waals surface area contributed by atoms with Crippen LogP contribution in [0, 0.1) is 35.5 Å². The van der Waals surface area contributed by atoms with Crippen molar-refractivity contribution in [2.45, 2.75) is 186 Å². The number of nitrogens with zero attached hydrogens (tertiary/aromatic N) is 1. The van der Waals surface area contributed by atoms with E-state index in [-0.39, 0.29) is 61.5 Å². The van der Waals surface area contributed by atoms with Gasteiger partial charge in [-0.1, -0.05) is 76.6 Å². The van der Waals surface area contributed by atoms with E-state index in [1.807, 2.05) is 65.0 Å². The number of hydrogen-bond acceptors (Lipinski definition) is 14. The average molecular weight is 993 g/mol. The summed E-state index contributed by atoms with van der Waals surface area (Å²) in [5.41, 5.74) is 1.34. The predicted octanol–water partition coefficient (Wildman–Crippen LogP) is 5.83. The number of allylic oxidation sites excluding steroid dienone is 6. The number of carbonyl (C=O) groups excluding carboxylic acids is 4. The van der Waals surface area contributed by atoms with Crippen molar-refractivity contribution in [3.8, 4) is 0 Å². The molecule has 2 saturated heterocycles. The van der Waals surface area contributed by atoms with E-state index in [0.717, 1.165) is 12.0 Å². The lowest BCUT2D eigenvalue weighted by molar-refractivity contribution is -0.264. The van der Waals surface area contributed by atoms with Crippen molar-refractivity contribution in [1.29, 1.82) is 0 Å². The van der Waals surface area contributed by atoms with Gasteiger partial charge in [0, 0.05) is 45.2 Å². The number of aliphatic hydroxyl groups excluding tert-OH is 2. The molecule has 15 atom stereocenters. The topological polar surface area (TPSA) is 236 Å². The monoisotopic (exact) mass is 993 g/mol. The minimum Gasteiger partial charge on any atom is -0.461 e. The van der Waals surface area contributed by atoms with Crippen LogP contribution in [0.15, 0.2) is 47.6 Å². The Morgan fingerprint density at radius 3 is 2.28 bits per heavy atom. The summed E-state index contributed by atoms with van der Waals surface area (Å²) in [5.74, 6) is -7.36. The Bertz CT molecular complexity index is 1950. The van der Waals surface area contributed by atoms with Crippen molar-refractivity contribution >= 4 is 33.6 Å². The zero-order chi connectivity index (χ0) is 51.2. The molecule has 0 aromatic rings. The molecule has 4 rings (SSSR count). The molecule has 392 valence electrons. The van der Waals surface area contributed by atoms with Gasteiger partial charge < -0.3 is 44.5 Å². The van der Waals surface area contributed by atoms with Crippen LogP contribution in [0.25, 0.3) is 0 Å². The lowest BCUT2D eigenvalue weighted by atomic mass is 9.78. The largest absolute Gasteiger partial charge is 0.461 e. The number of carbonyl (C=O) groups is 4. The number of piperidine rings is 1. The fourth-order valence-corrected chi connectivity index (χ4v) is 11.0. The van der Waals surface area contributed by atoms with E-state index in [9.17, 15) is 47.5 Å². The van der Waals surface area contributed by atoms with Crippen LogP contribution >= 0.6 is 0 Å². The number of hydrogen-bond donors (Lipinski definition) is 5. The molecule has 3 aliphatic heterocycles. The number of nitrogens with one attached hydrogen (secondary N) is 1. The first-order valence-electron chi connectivity index (χ1n) is 25.3. The molecule has 0 radical (unpaired) electrons. The highest BCUT2D eigenvalue weighted by molar-refractivity contribution is 7.85. The summed E-state index contributed by atoms with van der Waals surface area (Å²) in [5, 5.41) is 37.2. The molecule has 16 nitrogen and oxygen atoms in total. The zero-order valence-corrected chi connectivity index (χ0v) is 43.4. The molecule has 1 saturated carbocycles. The number of ketones is 2. The van der Waals surface area contributed by atoms with Gasteiger partial charge in [0.1, 0.15) is 24.4 Å². The molecule has 2 bridgehead atoms. The molecule has 4 aliphatic rings. The van der Waals surface area contributed by atoms with Crippen molar-refractivity contribution in [2.24, 2.45) is 35.5 Å². The van der Waals surface area contributed by atoms with E-state index in [4.69, 9.17) is 18.9 Å². The second kappa shape index (κ2) is 27.1. The Hall–Kier alpha value is -3.13. The second-order valence-corrected chi connectivity index (χ2v) is 22.3. The van der Waals surface area contributed by atoms with Gasteiger partial charge in [-0.2, -0.15) is 8.42 Å². The molecule has 0 aromatic heterocycles. The van der Waals surface area contributed by atoms with Crippen molar-refractivity contribution in [3.63, 3.8) is 0 Å². The third-order valence-corrected chi connectivity index (χ3v) is 15.8. The summed E-state index contributed by atoms with van der Waals surface area (Å²) in [4.78, 5) is 58.1. The molecule has 0 spiro atoms. The molecule has 3 heterocycles. The number of ether oxygens (including phenoxy) is 4. The SMILES string of the molecule is CO[C@@H]1C[C@H](C[C@@H](C)[C@@H]2CC[C@H](C)/C=C(\C)[C@@H](O)[C@@H](OC)C(=O)[C@H](C)C[C@H](C)/C=C/C=C/C=C(\C)[C@H](NCCS(=O)(=O)O)C[C@@H]3CC[C@@H](C)[C@@](O)(O3)C(=O)C(=O)N3CCCC[C@H]3C(=O)O2)CC[C@H]1O. The highest BCUT2D eigenvalue weighted by Gasteiger charge is 2.53. The quantitative estimate of drug-likeness (QED) is 0.0791. The van der Waals surface area contributed by atoms with Gasteiger partial charge in [0.2, 0.25) is 5.79 Å². The number of Topliss-reactive ketones (excluding diaryl/α,β-unsaturated/α-hetero) is 2. The lowest BCUT2D eigenvalue weighted by Gasteiger charge is -2.43.